The maximum Gasteiger partial charge on any atom is 0.313 e. The fourth-order valence-electron chi connectivity index (χ4n) is 3.87. The summed E-state index contributed by atoms with van der Waals surface area (Å²) in [5, 5.41) is 0. The highest BCUT2D eigenvalue weighted by Crippen LogP contribution is 2.36. The second-order valence-electron chi connectivity index (χ2n) is 7.12. The number of pyridine rings is 1. The average molecular weight is 352 g/mol. The summed E-state index contributed by atoms with van der Waals surface area (Å²) < 4.78 is 5.49. The van der Waals surface area contributed by atoms with Crippen LogP contribution < -0.4 is 0 Å². The second kappa shape index (κ2) is 8.95. The number of likely N-dealkylation sites (tertiary alicyclic amines) is 1. The van der Waals surface area contributed by atoms with Crippen molar-refractivity contribution in [3.63, 3.8) is 0 Å². The van der Waals surface area contributed by atoms with E-state index in [2.05, 4.69) is 34.1 Å². The highest BCUT2D eigenvalue weighted by molar-refractivity contribution is 5.77. The van der Waals surface area contributed by atoms with E-state index < -0.39 is 5.41 Å². The molecule has 2 aromatic rings. The molecule has 1 fully saturated rings. The number of benzene rings is 1. The lowest BCUT2D eigenvalue weighted by Crippen LogP contribution is -2.48. The second-order valence-corrected chi connectivity index (χ2v) is 7.12. The van der Waals surface area contributed by atoms with Crippen LogP contribution in [0.4, 0.5) is 0 Å². The van der Waals surface area contributed by atoms with E-state index in [9.17, 15) is 4.79 Å². The molecule has 1 atom stereocenters. The summed E-state index contributed by atoms with van der Waals surface area (Å²) in [7, 11) is 0. The lowest BCUT2D eigenvalue weighted by molar-refractivity contribution is -0.160. The van der Waals surface area contributed by atoms with Gasteiger partial charge in [-0.2, -0.15) is 0 Å². The van der Waals surface area contributed by atoms with Crippen molar-refractivity contribution in [2.75, 3.05) is 19.7 Å². The lowest BCUT2D eigenvalue weighted by atomic mass is 9.75. The number of aryl methyl sites for hydroxylation is 1. The molecule has 1 aliphatic heterocycles. The van der Waals surface area contributed by atoms with Gasteiger partial charge in [-0.05, 0) is 56.8 Å². The van der Waals surface area contributed by atoms with E-state index >= 15 is 0 Å². The number of carbonyl (C=O) groups excluding carboxylic acids is 1. The maximum atomic E-state index is 12.9. The fraction of sp³-hybridized carbons (Fsp3) is 0.455. The van der Waals surface area contributed by atoms with Gasteiger partial charge in [0.15, 0.2) is 0 Å². The van der Waals surface area contributed by atoms with Crippen molar-refractivity contribution in [1.29, 1.82) is 0 Å². The van der Waals surface area contributed by atoms with E-state index in [-0.39, 0.29) is 5.97 Å². The molecule has 0 radical (unpaired) electrons. The molecule has 0 unspecified atom stereocenters. The van der Waals surface area contributed by atoms with Gasteiger partial charge < -0.3 is 4.74 Å². The van der Waals surface area contributed by atoms with Crippen LogP contribution in [0, 0.1) is 5.41 Å². The van der Waals surface area contributed by atoms with Gasteiger partial charge >= 0.3 is 5.97 Å². The Kier molecular flexibility index (Phi) is 6.40. The van der Waals surface area contributed by atoms with Crippen molar-refractivity contribution < 1.29 is 9.53 Å². The Balaban J connectivity index is 1.72. The molecule has 0 bridgehead atoms. The van der Waals surface area contributed by atoms with E-state index in [0.29, 0.717) is 6.61 Å². The van der Waals surface area contributed by atoms with Crippen molar-refractivity contribution in [2.45, 2.75) is 39.2 Å². The van der Waals surface area contributed by atoms with Gasteiger partial charge in [-0.3, -0.25) is 14.7 Å². The molecule has 0 N–H and O–H groups in total. The number of ether oxygens (including phenoxy) is 1. The minimum Gasteiger partial charge on any atom is -0.466 e. The van der Waals surface area contributed by atoms with Gasteiger partial charge in [0.1, 0.15) is 0 Å². The van der Waals surface area contributed by atoms with Crippen molar-refractivity contribution in [1.82, 2.24) is 9.88 Å². The minimum atomic E-state index is -0.418. The van der Waals surface area contributed by atoms with Crippen molar-refractivity contribution in [3.8, 4) is 0 Å². The molecule has 1 aromatic heterocycles. The van der Waals surface area contributed by atoms with Crippen molar-refractivity contribution in [2.24, 2.45) is 5.41 Å². The average Bonchev–Trinajstić information content (AvgIpc) is 2.68. The molecule has 138 valence electrons. The van der Waals surface area contributed by atoms with Gasteiger partial charge in [0.05, 0.1) is 17.7 Å². The van der Waals surface area contributed by atoms with Crippen LogP contribution in [0.2, 0.25) is 0 Å². The summed E-state index contributed by atoms with van der Waals surface area (Å²) >= 11 is 0. The number of nitrogens with zero attached hydrogens (tertiary/aromatic N) is 2. The zero-order chi connectivity index (χ0) is 18.2. The molecule has 26 heavy (non-hydrogen) atoms. The lowest BCUT2D eigenvalue weighted by Gasteiger charge is -2.41. The fourth-order valence-corrected chi connectivity index (χ4v) is 3.87. The van der Waals surface area contributed by atoms with Gasteiger partial charge in [0.2, 0.25) is 0 Å². The monoisotopic (exact) mass is 352 g/mol. The molecule has 0 saturated carbocycles. The molecule has 3 rings (SSSR count). The molecule has 1 aliphatic rings. The van der Waals surface area contributed by atoms with Crippen LogP contribution in [0.5, 0.6) is 0 Å². The van der Waals surface area contributed by atoms with E-state index in [1.165, 1.54) is 5.56 Å². The quantitative estimate of drug-likeness (QED) is 0.710. The standard InChI is InChI=1S/C22H28N2O2/c1-2-26-21(25)22(14-12-19-9-4-3-5-10-19)13-8-16-24(18-22)17-20-11-6-7-15-23-20/h3-7,9-11,15H,2,8,12-14,16-18H2,1H3/t22-/m0/s1. The topological polar surface area (TPSA) is 42.4 Å². The van der Waals surface area contributed by atoms with Crippen LogP contribution in [-0.2, 0) is 22.5 Å². The number of rotatable bonds is 7. The maximum absolute atomic E-state index is 12.9. The van der Waals surface area contributed by atoms with Gasteiger partial charge in [0.25, 0.3) is 0 Å². The van der Waals surface area contributed by atoms with Crippen LogP contribution in [0.1, 0.15) is 37.4 Å². The Morgan fingerprint density at radius 1 is 1.19 bits per heavy atom. The Morgan fingerprint density at radius 3 is 2.73 bits per heavy atom. The van der Waals surface area contributed by atoms with E-state index in [4.69, 9.17) is 4.74 Å². The predicted molar refractivity (Wildman–Crippen MR) is 103 cm³/mol. The molecular weight excluding hydrogens is 324 g/mol. The normalized spacial score (nSPS) is 20.7. The summed E-state index contributed by atoms with van der Waals surface area (Å²) in [6, 6.07) is 16.4. The SMILES string of the molecule is CCOC(=O)[C@]1(CCc2ccccc2)CCCN(Cc2ccccn2)C1. The van der Waals surface area contributed by atoms with Gasteiger partial charge in [-0.1, -0.05) is 36.4 Å². The largest absolute Gasteiger partial charge is 0.466 e. The van der Waals surface area contributed by atoms with Gasteiger partial charge in [-0.15, -0.1) is 0 Å². The Labute approximate surface area is 156 Å². The van der Waals surface area contributed by atoms with E-state index in [1.54, 1.807) is 0 Å². The summed E-state index contributed by atoms with van der Waals surface area (Å²) in [5.74, 6) is -0.0401. The van der Waals surface area contributed by atoms with Crippen LogP contribution >= 0.6 is 0 Å². The third kappa shape index (κ3) is 4.70. The smallest absolute Gasteiger partial charge is 0.313 e. The van der Waals surface area contributed by atoms with Gasteiger partial charge in [0, 0.05) is 19.3 Å². The first-order valence-electron chi connectivity index (χ1n) is 9.55. The van der Waals surface area contributed by atoms with Crippen molar-refractivity contribution in [3.05, 3.63) is 66.0 Å². The van der Waals surface area contributed by atoms with Crippen molar-refractivity contribution >= 4 is 5.97 Å². The first kappa shape index (κ1) is 18.6. The molecular formula is C22H28N2O2. The van der Waals surface area contributed by atoms with Crippen LogP contribution in [0.15, 0.2) is 54.7 Å². The zero-order valence-electron chi connectivity index (χ0n) is 15.6. The molecule has 0 aliphatic carbocycles. The number of piperidine rings is 1. The molecule has 0 spiro atoms. The highest BCUT2D eigenvalue weighted by Gasteiger charge is 2.43. The van der Waals surface area contributed by atoms with Crippen LogP contribution in [0.3, 0.4) is 0 Å². The van der Waals surface area contributed by atoms with Crippen LogP contribution in [-0.4, -0.2) is 35.5 Å². The zero-order valence-corrected chi connectivity index (χ0v) is 15.6. The van der Waals surface area contributed by atoms with E-state index in [0.717, 1.165) is 51.0 Å². The molecule has 4 nitrogen and oxygen atoms in total. The highest BCUT2D eigenvalue weighted by atomic mass is 16.5. The number of hydrogen-bond acceptors (Lipinski definition) is 4. The molecule has 0 amide bonds. The Hall–Kier alpha value is -2.20. The molecule has 1 aromatic carbocycles. The summed E-state index contributed by atoms with van der Waals surface area (Å²) in [5.41, 5.74) is 1.91. The number of carbonyl (C=O) groups is 1. The number of aromatic nitrogens is 1. The van der Waals surface area contributed by atoms with Gasteiger partial charge in [-0.25, -0.2) is 0 Å². The first-order chi connectivity index (χ1) is 12.7. The summed E-state index contributed by atoms with van der Waals surface area (Å²) in [4.78, 5) is 19.7. The Bertz CT molecular complexity index is 690. The minimum absolute atomic E-state index is 0.0401. The summed E-state index contributed by atoms with van der Waals surface area (Å²) in [6.45, 7) is 4.86. The third-order valence-corrected chi connectivity index (χ3v) is 5.21. The number of esters is 1. The Morgan fingerprint density at radius 2 is 2.00 bits per heavy atom. The van der Waals surface area contributed by atoms with Crippen LogP contribution in [0.25, 0.3) is 0 Å². The number of hydrogen-bond donors (Lipinski definition) is 0. The molecule has 2 heterocycles. The first-order valence-corrected chi connectivity index (χ1v) is 9.55. The summed E-state index contributed by atoms with van der Waals surface area (Å²) in [6.07, 6.45) is 5.47. The predicted octanol–water partition coefficient (Wildman–Crippen LogP) is 3.86. The third-order valence-electron chi connectivity index (χ3n) is 5.21. The van der Waals surface area contributed by atoms with E-state index in [1.807, 2.05) is 37.4 Å². The molecule has 4 heteroatoms. The molecule has 1 saturated heterocycles.